The van der Waals surface area contributed by atoms with Crippen LogP contribution in [0.1, 0.15) is 95.6 Å². The Hall–Kier alpha value is -5.53. The van der Waals surface area contributed by atoms with Crippen molar-refractivity contribution < 1.29 is 38.5 Å². The van der Waals surface area contributed by atoms with Crippen molar-refractivity contribution in [1.82, 2.24) is 25.8 Å². The zero-order chi connectivity index (χ0) is 47.8. The summed E-state index contributed by atoms with van der Waals surface area (Å²) in [5.41, 5.74) is 3.13. The number of aromatic nitrogens is 1. The zero-order valence-corrected chi connectivity index (χ0v) is 40.3. The second kappa shape index (κ2) is 21.4. The third kappa shape index (κ3) is 12.1. The molecular formula is C50H61ClN6O8S. The number of thiazole rings is 1. The average molecular weight is 942 g/mol. The summed E-state index contributed by atoms with van der Waals surface area (Å²) in [4.78, 5) is 60.2. The van der Waals surface area contributed by atoms with Gasteiger partial charge in [0.1, 0.15) is 42.4 Å². The van der Waals surface area contributed by atoms with Gasteiger partial charge in [0.25, 0.3) is 5.91 Å². The molecule has 1 aliphatic heterocycles. The van der Waals surface area contributed by atoms with E-state index in [1.54, 1.807) is 65.5 Å². The standard InChI is InChI=1S/C50H61ClN6O8S/c1-48(2,3)42(45(62)57-28-35(58)23-39(57)44(61)54-26-31-11-13-32(14-12-31)40-27-53-30-66-40)55-41(59)29-63-21-9-8-10-22-64-36-18-15-33(16-19-36)43(60)56-46-49(4,5)47(50(46,6)7)65-37-20-17-34(25-52)38(51)24-37/h11-20,24,27,30,35,39,42,46-47,58H,8-10,21-23,26,28-29H2,1-7H3,(H,54,61)(H,55,59)(H,56,60)/t35-,39+,42-,46-,47-/m1/s1. The van der Waals surface area contributed by atoms with Crippen molar-refractivity contribution in [2.75, 3.05) is 26.4 Å². The molecule has 3 atom stereocenters. The van der Waals surface area contributed by atoms with Crippen molar-refractivity contribution in [2.45, 2.75) is 111 Å². The van der Waals surface area contributed by atoms with E-state index in [-0.39, 0.29) is 60.9 Å². The molecule has 2 heterocycles. The normalized spacial score (nSPS) is 20.0. The van der Waals surface area contributed by atoms with E-state index in [1.807, 2.05) is 45.0 Å². The number of likely N-dealkylation sites (tertiary alicyclic amines) is 1. The monoisotopic (exact) mass is 940 g/mol. The van der Waals surface area contributed by atoms with Crippen molar-refractivity contribution in [3.05, 3.63) is 100 Å². The lowest BCUT2D eigenvalue weighted by Gasteiger charge is -2.63. The van der Waals surface area contributed by atoms with Gasteiger partial charge in [-0.05, 0) is 72.2 Å². The summed E-state index contributed by atoms with van der Waals surface area (Å²) in [7, 11) is 0. The molecule has 1 saturated heterocycles. The van der Waals surface area contributed by atoms with Crippen LogP contribution in [0.3, 0.4) is 0 Å². The van der Waals surface area contributed by atoms with Crippen molar-refractivity contribution in [3.8, 4) is 28.0 Å². The number of carbonyl (C=O) groups is 4. The topological polar surface area (TPSA) is 192 Å². The molecule has 16 heteroatoms. The van der Waals surface area contributed by atoms with E-state index in [9.17, 15) is 29.5 Å². The summed E-state index contributed by atoms with van der Waals surface area (Å²) in [6.45, 7) is 14.6. The lowest BCUT2D eigenvalue weighted by molar-refractivity contribution is -0.164. The van der Waals surface area contributed by atoms with Crippen LogP contribution in [-0.4, -0.2) is 95.3 Å². The number of carbonyl (C=O) groups excluding carboxylic acids is 4. The fourth-order valence-corrected chi connectivity index (χ4v) is 9.97. The van der Waals surface area contributed by atoms with Crippen LogP contribution in [0.4, 0.5) is 0 Å². The minimum absolute atomic E-state index is 0.0124. The van der Waals surface area contributed by atoms with E-state index in [0.717, 1.165) is 28.8 Å². The number of aliphatic hydroxyl groups excluding tert-OH is 1. The molecule has 0 unspecified atom stereocenters. The molecule has 6 rings (SSSR count). The predicted octanol–water partition coefficient (Wildman–Crippen LogP) is 7.32. The van der Waals surface area contributed by atoms with Crippen molar-refractivity contribution in [2.24, 2.45) is 16.2 Å². The van der Waals surface area contributed by atoms with Crippen molar-refractivity contribution in [1.29, 1.82) is 5.26 Å². The molecule has 4 aromatic rings. The number of amides is 4. The maximum atomic E-state index is 13.9. The highest BCUT2D eigenvalue weighted by Gasteiger charge is 2.64. The Labute approximate surface area is 396 Å². The Kier molecular flexibility index (Phi) is 16.2. The number of aliphatic hydroxyl groups is 1. The van der Waals surface area contributed by atoms with Gasteiger partial charge in [-0.3, -0.25) is 24.2 Å². The van der Waals surface area contributed by atoms with Crippen LogP contribution in [0.2, 0.25) is 5.02 Å². The van der Waals surface area contributed by atoms with Crippen LogP contribution in [0.25, 0.3) is 10.4 Å². The minimum Gasteiger partial charge on any atom is -0.494 e. The number of rotatable bonds is 19. The van der Waals surface area contributed by atoms with Crippen molar-refractivity contribution >= 4 is 46.6 Å². The van der Waals surface area contributed by atoms with Gasteiger partial charge in [0.15, 0.2) is 0 Å². The van der Waals surface area contributed by atoms with Gasteiger partial charge in [0.05, 0.1) is 33.7 Å². The predicted molar refractivity (Wildman–Crippen MR) is 253 cm³/mol. The molecule has 4 amide bonds. The van der Waals surface area contributed by atoms with Crippen LogP contribution in [-0.2, 0) is 25.7 Å². The SMILES string of the molecule is CC(C)(C)[C@H](NC(=O)COCCCCCOc1ccc(C(=O)N[C@H]2C(C)(C)[C@H](Oc3ccc(C#N)c(Cl)c3)C2(C)C)cc1)C(=O)N1C[C@H](O)C[C@H]1C(=O)NCc1ccc(-c2cncs2)cc1. The summed E-state index contributed by atoms with van der Waals surface area (Å²) in [5, 5.41) is 29.0. The highest BCUT2D eigenvalue weighted by atomic mass is 35.5. The molecule has 1 saturated carbocycles. The quantitative estimate of drug-likeness (QED) is 0.0693. The van der Waals surface area contributed by atoms with Crippen LogP contribution >= 0.6 is 22.9 Å². The second-order valence-corrected chi connectivity index (χ2v) is 20.6. The summed E-state index contributed by atoms with van der Waals surface area (Å²) < 4.78 is 17.9. The van der Waals surface area contributed by atoms with E-state index < -0.39 is 35.4 Å². The lowest BCUT2D eigenvalue weighted by Crippen LogP contribution is -2.74. The van der Waals surface area contributed by atoms with E-state index >= 15 is 0 Å². The number of hydrogen-bond donors (Lipinski definition) is 4. The Morgan fingerprint density at radius 2 is 1.65 bits per heavy atom. The summed E-state index contributed by atoms with van der Waals surface area (Å²) in [6, 6.07) is 19.9. The largest absolute Gasteiger partial charge is 0.494 e. The average Bonchev–Trinajstić information content (AvgIpc) is 3.97. The van der Waals surface area contributed by atoms with Crippen LogP contribution < -0.4 is 25.4 Å². The molecule has 0 bridgehead atoms. The first-order chi connectivity index (χ1) is 31.3. The molecule has 4 N–H and O–H groups in total. The maximum absolute atomic E-state index is 13.9. The van der Waals surface area contributed by atoms with Gasteiger partial charge in [-0.2, -0.15) is 5.26 Å². The molecule has 2 fully saturated rings. The Balaban J connectivity index is 0.875. The van der Waals surface area contributed by atoms with E-state index in [2.05, 4.69) is 54.7 Å². The number of nitrogens with zero attached hydrogens (tertiary/aromatic N) is 3. The fraction of sp³-hybridized carbons (Fsp3) is 0.480. The van der Waals surface area contributed by atoms with Gasteiger partial charge in [-0.1, -0.05) is 84.3 Å². The molecule has 3 aromatic carbocycles. The smallest absolute Gasteiger partial charge is 0.251 e. The molecule has 0 radical (unpaired) electrons. The first kappa shape index (κ1) is 49.9. The third-order valence-electron chi connectivity index (χ3n) is 12.4. The second-order valence-electron chi connectivity index (χ2n) is 19.3. The van der Waals surface area contributed by atoms with E-state index in [4.69, 9.17) is 25.8 Å². The number of unbranched alkanes of at least 4 members (excludes halogenated alkanes) is 2. The summed E-state index contributed by atoms with van der Waals surface area (Å²) in [5.74, 6) is -0.229. The maximum Gasteiger partial charge on any atom is 0.251 e. The van der Waals surface area contributed by atoms with Gasteiger partial charge in [-0.25, -0.2) is 0 Å². The van der Waals surface area contributed by atoms with Crippen molar-refractivity contribution in [3.63, 3.8) is 0 Å². The fourth-order valence-electron chi connectivity index (χ4n) is 9.13. The molecule has 14 nitrogen and oxygen atoms in total. The zero-order valence-electron chi connectivity index (χ0n) is 38.7. The highest BCUT2D eigenvalue weighted by Crippen LogP contribution is 2.55. The summed E-state index contributed by atoms with van der Waals surface area (Å²) >= 11 is 7.78. The minimum atomic E-state index is -0.952. The number of halogens is 1. The number of benzene rings is 3. The molecule has 1 aromatic heterocycles. The Morgan fingerprint density at radius 1 is 0.970 bits per heavy atom. The Morgan fingerprint density at radius 3 is 2.29 bits per heavy atom. The molecule has 1 aliphatic carbocycles. The van der Waals surface area contributed by atoms with Crippen LogP contribution in [0.15, 0.2) is 78.4 Å². The Bertz CT molecular complexity index is 2350. The van der Waals surface area contributed by atoms with E-state index in [1.165, 1.54) is 4.90 Å². The molecule has 352 valence electrons. The number of ether oxygens (including phenoxy) is 3. The van der Waals surface area contributed by atoms with Crippen LogP contribution in [0, 0.1) is 27.6 Å². The first-order valence-corrected chi connectivity index (χ1v) is 23.6. The highest BCUT2D eigenvalue weighted by molar-refractivity contribution is 7.13. The van der Waals surface area contributed by atoms with Gasteiger partial charge < -0.3 is 40.2 Å². The van der Waals surface area contributed by atoms with E-state index in [0.29, 0.717) is 47.3 Å². The molecule has 0 spiro atoms. The van der Waals surface area contributed by atoms with Gasteiger partial charge in [0, 0.05) is 60.8 Å². The molecule has 66 heavy (non-hydrogen) atoms. The third-order valence-corrected chi connectivity index (χ3v) is 13.5. The number of β-amino-alcohol motifs (C(OH)–C–C–N with tert-alkyl or cyclic N) is 1. The number of nitrogens with one attached hydrogen (secondary N) is 3. The summed E-state index contributed by atoms with van der Waals surface area (Å²) in [6.07, 6.45) is 3.05. The van der Waals surface area contributed by atoms with Gasteiger partial charge >= 0.3 is 0 Å². The van der Waals surface area contributed by atoms with Crippen LogP contribution in [0.5, 0.6) is 11.5 Å². The first-order valence-electron chi connectivity index (χ1n) is 22.3. The number of nitriles is 1. The number of hydrogen-bond acceptors (Lipinski definition) is 11. The molecular weight excluding hydrogens is 880 g/mol. The lowest BCUT2D eigenvalue weighted by atomic mass is 9.49. The van der Waals surface area contributed by atoms with Gasteiger partial charge in [-0.15, -0.1) is 11.3 Å². The molecule has 2 aliphatic rings. The van der Waals surface area contributed by atoms with Gasteiger partial charge in [0.2, 0.25) is 17.7 Å².